The highest BCUT2D eigenvalue weighted by molar-refractivity contribution is 5.79. The van der Waals surface area contributed by atoms with Gasteiger partial charge >= 0.3 is 12.2 Å². The minimum atomic E-state index is -4.36. The van der Waals surface area contributed by atoms with Gasteiger partial charge in [-0.1, -0.05) is 12.1 Å². The monoisotopic (exact) mass is 427 g/mol. The van der Waals surface area contributed by atoms with Gasteiger partial charge in [-0.3, -0.25) is 4.79 Å². The van der Waals surface area contributed by atoms with E-state index in [1.54, 1.807) is 16.7 Å². The quantitative estimate of drug-likeness (QED) is 0.803. The predicted molar refractivity (Wildman–Crippen MR) is 99.6 cm³/mol. The highest BCUT2D eigenvalue weighted by atomic mass is 19.4. The maximum Gasteiger partial charge on any atom is 0.416 e. The van der Waals surface area contributed by atoms with Crippen LogP contribution in [0.1, 0.15) is 30.6 Å². The number of nitrogens with one attached hydrogen (secondary N) is 1. The average molecular weight is 427 g/mol. The highest BCUT2D eigenvalue weighted by Crippen LogP contribution is 2.31. The molecular weight excluding hydrogens is 403 g/mol. The van der Waals surface area contributed by atoms with Crippen LogP contribution in [0, 0.1) is 0 Å². The molecule has 0 radical (unpaired) electrons. The van der Waals surface area contributed by atoms with Crippen LogP contribution in [0.25, 0.3) is 0 Å². The lowest BCUT2D eigenvalue weighted by molar-refractivity contribution is -0.140. The predicted octanol–water partition coefficient (Wildman–Crippen LogP) is 2.18. The van der Waals surface area contributed by atoms with Gasteiger partial charge in [0.15, 0.2) is 0 Å². The summed E-state index contributed by atoms with van der Waals surface area (Å²) in [5.41, 5.74) is -0.0370. The van der Waals surface area contributed by atoms with Crippen LogP contribution in [-0.2, 0) is 20.4 Å². The van der Waals surface area contributed by atoms with Crippen LogP contribution in [0.4, 0.5) is 18.0 Å². The van der Waals surface area contributed by atoms with Crippen molar-refractivity contribution in [3.05, 3.63) is 35.4 Å². The number of hydrogen-bond acceptors (Lipinski definition) is 4. The van der Waals surface area contributed by atoms with Crippen LogP contribution < -0.4 is 5.32 Å². The van der Waals surface area contributed by atoms with Crippen molar-refractivity contribution in [1.29, 1.82) is 0 Å². The second-order valence-electron chi connectivity index (χ2n) is 7.97. The van der Waals surface area contributed by atoms with Gasteiger partial charge < -0.3 is 24.6 Å². The summed E-state index contributed by atoms with van der Waals surface area (Å²) in [5.74, 6) is -0.166. The second kappa shape index (κ2) is 8.07. The zero-order chi connectivity index (χ0) is 21.5. The smallest absolute Gasteiger partial charge is 0.367 e. The fourth-order valence-corrected chi connectivity index (χ4v) is 4.06. The zero-order valence-electron chi connectivity index (χ0n) is 16.5. The molecule has 0 bridgehead atoms. The Balaban J connectivity index is 1.24. The van der Waals surface area contributed by atoms with Crippen molar-refractivity contribution in [2.75, 3.05) is 32.8 Å². The van der Waals surface area contributed by atoms with E-state index in [0.717, 1.165) is 12.1 Å². The SMILES string of the molecule is CC(OC1CN(C(=O)N2CC[C@@H]3OCC(=O)NC3C2)C1)c1ccc(C(F)(F)F)cc1. The number of hydrogen-bond donors (Lipinski definition) is 1. The first-order chi connectivity index (χ1) is 14.2. The molecule has 3 heterocycles. The minimum absolute atomic E-state index is 0.0520. The summed E-state index contributed by atoms with van der Waals surface area (Å²) in [7, 11) is 0. The molecule has 0 spiro atoms. The Labute approximate surface area is 172 Å². The molecule has 3 aliphatic rings. The Morgan fingerprint density at radius 1 is 1.20 bits per heavy atom. The number of carbonyl (C=O) groups excluding carboxylic acids is 2. The number of piperidine rings is 1. The van der Waals surface area contributed by atoms with Gasteiger partial charge in [0.25, 0.3) is 0 Å². The number of alkyl halides is 3. The van der Waals surface area contributed by atoms with E-state index < -0.39 is 11.7 Å². The molecule has 30 heavy (non-hydrogen) atoms. The topological polar surface area (TPSA) is 71.1 Å². The molecule has 7 nitrogen and oxygen atoms in total. The molecule has 1 aromatic carbocycles. The Morgan fingerprint density at radius 2 is 1.90 bits per heavy atom. The third-order valence-corrected chi connectivity index (χ3v) is 5.82. The number of morpholine rings is 1. The maximum atomic E-state index is 12.7. The molecule has 10 heteroatoms. The molecular formula is C20H24F3N3O4. The molecule has 1 N–H and O–H groups in total. The van der Waals surface area contributed by atoms with Gasteiger partial charge in [-0.15, -0.1) is 0 Å². The number of benzene rings is 1. The van der Waals surface area contributed by atoms with Crippen molar-refractivity contribution < 1.29 is 32.2 Å². The van der Waals surface area contributed by atoms with E-state index in [4.69, 9.17) is 9.47 Å². The molecule has 3 atom stereocenters. The van der Waals surface area contributed by atoms with Gasteiger partial charge in [-0.05, 0) is 31.0 Å². The minimum Gasteiger partial charge on any atom is -0.367 e. The van der Waals surface area contributed by atoms with Crippen molar-refractivity contribution in [1.82, 2.24) is 15.1 Å². The van der Waals surface area contributed by atoms with E-state index in [1.165, 1.54) is 12.1 Å². The Kier molecular flexibility index (Phi) is 5.63. The first-order valence-corrected chi connectivity index (χ1v) is 9.98. The first kappa shape index (κ1) is 20.9. The van der Waals surface area contributed by atoms with Crippen molar-refractivity contribution in [3.8, 4) is 0 Å². The lowest BCUT2D eigenvalue weighted by Crippen LogP contribution is -2.65. The Hall–Kier alpha value is -2.33. The average Bonchev–Trinajstić information content (AvgIpc) is 2.68. The largest absolute Gasteiger partial charge is 0.416 e. The number of likely N-dealkylation sites (tertiary alicyclic amines) is 2. The molecule has 4 rings (SSSR count). The first-order valence-electron chi connectivity index (χ1n) is 9.98. The van der Waals surface area contributed by atoms with Crippen molar-refractivity contribution in [3.63, 3.8) is 0 Å². The van der Waals surface area contributed by atoms with Crippen LogP contribution >= 0.6 is 0 Å². The van der Waals surface area contributed by atoms with Crippen LogP contribution in [-0.4, -0.2) is 72.8 Å². The maximum absolute atomic E-state index is 12.7. The van der Waals surface area contributed by atoms with E-state index in [0.29, 0.717) is 38.2 Å². The number of halogens is 3. The molecule has 0 saturated carbocycles. The van der Waals surface area contributed by atoms with E-state index in [9.17, 15) is 22.8 Å². The summed E-state index contributed by atoms with van der Waals surface area (Å²) in [6, 6.07) is 4.64. The van der Waals surface area contributed by atoms with Crippen LogP contribution in [0.3, 0.4) is 0 Å². The Bertz CT molecular complexity index is 795. The standard InChI is InChI=1S/C20H24F3N3O4/c1-12(13-2-4-14(5-3-13)20(21,22)23)30-15-8-26(9-15)19(28)25-7-6-17-16(10-25)24-18(27)11-29-17/h2-5,12,15-17H,6-11H2,1H3,(H,24,27)/t12?,16?,17-/m0/s1. The molecule has 2 unspecified atom stereocenters. The van der Waals surface area contributed by atoms with Gasteiger partial charge in [-0.2, -0.15) is 13.2 Å². The molecule has 0 aromatic heterocycles. The van der Waals surface area contributed by atoms with Gasteiger partial charge in [0.05, 0.1) is 43.0 Å². The summed E-state index contributed by atoms with van der Waals surface area (Å²) >= 11 is 0. The van der Waals surface area contributed by atoms with Crippen molar-refractivity contribution >= 4 is 11.9 Å². The molecule has 3 aliphatic heterocycles. The van der Waals surface area contributed by atoms with E-state index in [1.807, 2.05) is 0 Å². The number of urea groups is 1. The van der Waals surface area contributed by atoms with Gasteiger partial charge in [0.2, 0.25) is 5.91 Å². The fourth-order valence-electron chi connectivity index (χ4n) is 4.06. The van der Waals surface area contributed by atoms with Crippen molar-refractivity contribution in [2.24, 2.45) is 0 Å². The molecule has 3 amide bonds. The van der Waals surface area contributed by atoms with Gasteiger partial charge in [-0.25, -0.2) is 4.79 Å². The van der Waals surface area contributed by atoms with Crippen molar-refractivity contribution in [2.45, 2.75) is 43.9 Å². The summed E-state index contributed by atoms with van der Waals surface area (Å²) in [6.07, 6.45) is -4.28. The van der Waals surface area contributed by atoms with Gasteiger partial charge in [0.1, 0.15) is 6.61 Å². The molecule has 3 saturated heterocycles. The van der Waals surface area contributed by atoms with Gasteiger partial charge in [0, 0.05) is 13.1 Å². The number of rotatable bonds is 3. The third kappa shape index (κ3) is 4.39. The molecule has 3 fully saturated rings. The third-order valence-electron chi connectivity index (χ3n) is 5.82. The number of nitrogens with zero attached hydrogens (tertiary/aromatic N) is 2. The lowest BCUT2D eigenvalue weighted by Gasteiger charge is -2.46. The number of ether oxygens (including phenoxy) is 2. The zero-order valence-corrected chi connectivity index (χ0v) is 16.5. The second-order valence-corrected chi connectivity index (χ2v) is 7.97. The highest BCUT2D eigenvalue weighted by Gasteiger charge is 2.40. The van der Waals surface area contributed by atoms with Crippen LogP contribution in [0.5, 0.6) is 0 Å². The summed E-state index contributed by atoms with van der Waals surface area (Å²) in [6.45, 7) is 3.69. The van der Waals surface area contributed by atoms with Crippen LogP contribution in [0.15, 0.2) is 24.3 Å². The summed E-state index contributed by atoms with van der Waals surface area (Å²) in [4.78, 5) is 27.6. The summed E-state index contributed by atoms with van der Waals surface area (Å²) in [5, 5.41) is 2.87. The molecule has 1 aromatic rings. The van der Waals surface area contributed by atoms with E-state index >= 15 is 0 Å². The summed E-state index contributed by atoms with van der Waals surface area (Å²) < 4.78 is 49.4. The number of carbonyl (C=O) groups is 2. The lowest BCUT2D eigenvalue weighted by atomic mass is 10.0. The molecule has 164 valence electrons. The fraction of sp³-hybridized carbons (Fsp3) is 0.600. The number of amides is 3. The van der Waals surface area contributed by atoms with Crippen LogP contribution in [0.2, 0.25) is 0 Å². The van der Waals surface area contributed by atoms with E-state index in [2.05, 4.69) is 5.32 Å². The molecule has 0 aliphatic carbocycles. The number of fused-ring (bicyclic) bond motifs is 1. The van der Waals surface area contributed by atoms with E-state index in [-0.39, 0.29) is 42.9 Å². The normalized spacial score (nSPS) is 25.9. The Morgan fingerprint density at radius 3 is 2.57 bits per heavy atom.